The summed E-state index contributed by atoms with van der Waals surface area (Å²) in [4.78, 5) is 18.2. The quantitative estimate of drug-likeness (QED) is 0.286. The Labute approximate surface area is 190 Å². The number of aromatic nitrogens is 1. The molecule has 0 bridgehead atoms. The first-order valence-corrected chi connectivity index (χ1v) is 10.8. The Balaban J connectivity index is 1.78. The van der Waals surface area contributed by atoms with E-state index in [1.54, 1.807) is 38.6 Å². The van der Waals surface area contributed by atoms with E-state index in [1.165, 1.54) is 16.3 Å². The van der Waals surface area contributed by atoms with Crippen molar-refractivity contribution in [2.45, 2.75) is 13.8 Å². The number of anilines is 1. The Bertz CT molecular complexity index is 1270. The zero-order chi connectivity index (χ0) is 22.7. The molecule has 0 aliphatic rings. The third-order valence-corrected chi connectivity index (χ3v) is 5.90. The van der Waals surface area contributed by atoms with E-state index in [0.717, 1.165) is 26.9 Å². The summed E-state index contributed by atoms with van der Waals surface area (Å²) in [5.74, 6) is 0.714. The Hall–Kier alpha value is -3.71. The van der Waals surface area contributed by atoms with Crippen LogP contribution in [0.2, 0.25) is 0 Å². The van der Waals surface area contributed by atoms with Gasteiger partial charge < -0.3 is 9.47 Å². The second-order valence-electron chi connectivity index (χ2n) is 7.34. The zero-order valence-corrected chi connectivity index (χ0v) is 19.1. The molecule has 0 aliphatic carbocycles. The number of carbonyl (C=O) groups excluding carboxylic acids is 1. The molecule has 32 heavy (non-hydrogen) atoms. The van der Waals surface area contributed by atoms with Crippen molar-refractivity contribution >= 4 is 38.8 Å². The van der Waals surface area contributed by atoms with Crippen LogP contribution < -0.4 is 14.5 Å². The number of rotatable bonds is 6. The molecule has 0 atom stereocenters. The maximum absolute atomic E-state index is 13.6. The smallest absolute Gasteiger partial charge is 0.281 e. The van der Waals surface area contributed by atoms with E-state index in [1.807, 2.05) is 50.2 Å². The fourth-order valence-electron chi connectivity index (χ4n) is 3.13. The summed E-state index contributed by atoms with van der Waals surface area (Å²) in [5, 5.41) is 6.34. The fourth-order valence-corrected chi connectivity index (χ4v) is 4.15. The standard InChI is InChI=1S/C25H23N3O3S/c1-16-5-8-18(9-6-16)15-26-28(25-27-22-10-7-17(2)11-23(22)32-25)24(29)19-12-20(30-3)14-21(13-19)31-4/h5-15H,1-4H3/b26-15+. The Morgan fingerprint density at radius 1 is 0.938 bits per heavy atom. The fraction of sp³-hybridized carbons (Fsp3) is 0.160. The number of benzene rings is 3. The van der Waals surface area contributed by atoms with Gasteiger partial charge in [0.15, 0.2) is 0 Å². The van der Waals surface area contributed by atoms with Crippen molar-refractivity contribution in [3.63, 3.8) is 0 Å². The van der Waals surface area contributed by atoms with E-state index in [4.69, 9.17) is 9.47 Å². The lowest BCUT2D eigenvalue weighted by Crippen LogP contribution is -2.25. The van der Waals surface area contributed by atoms with E-state index < -0.39 is 0 Å². The predicted molar refractivity (Wildman–Crippen MR) is 129 cm³/mol. The molecule has 4 rings (SSSR count). The lowest BCUT2D eigenvalue weighted by molar-refractivity contribution is 0.0987. The summed E-state index contributed by atoms with van der Waals surface area (Å²) in [6.07, 6.45) is 1.66. The molecule has 0 saturated heterocycles. The van der Waals surface area contributed by atoms with Crippen LogP contribution in [0, 0.1) is 13.8 Å². The Morgan fingerprint density at radius 3 is 2.25 bits per heavy atom. The minimum absolute atomic E-state index is 0.332. The first-order chi connectivity index (χ1) is 15.5. The van der Waals surface area contributed by atoms with Gasteiger partial charge in [-0.15, -0.1) is 0 Å². The molecule has 7 heteroatoms. The number of hydrogen-bond donors (Lipinski definition) is 0. The number of methoxy groups -OCH3 is 2. The highest BCUT2D eigenvalue weighted by Gasteiger charge is 2.22. The number of ether oxygens (including phenoxy) is 2. The van der Waals surface area contributed by atoms with Crippen LogP contribution in [0.5, 0.6) is 11.5 Å². The van der Waals surface area contributed by atoms with Gasteiger partial charge in [-0.2, -0.15) is 10.1 Å². The molecule has 3 aromatic carbocycles. The monoisotopic (exact) mass is 445 g/mol. The van der Waals surface area contributed by atoms with Gasteiger partial charge >= 0.3 is 0 Å². The van der Waals surface area contributed by atoms with E-state index in [9.17, 15) is 4.79 Å². The molecule has 0 saturated carbocycles. The van der Waals surface area contributed by atoms with Crippen molar-refractivity contribution in [2.24, 2.45) is 5.10 Å². The van der Waals surface area contributed by atoms with Gasteiger partial charge in [0.05, 0.1) is 30.7 Å². The Kier molecular flexibility index (Phi) is 6.18. The van der Waals surface area contributed by atoms with Crippen LogP contribution >= 0.6 is 11.3 Å². The van der Waals surface area contributed by atoms with Crippen molar-refractivity contribution in [1.82, 2.24) is 4.98 Å². The average molecular weight is 446 g/mol. The van der Waals surface area contributed by atoms with Crippen molar-refractivity contribution in [2.75, 3.05) is 19.2 Å². The highest BCUT2D eigenvalue weighted by atomic mass is 32.1. The molecule has 162 valence electrons. The number of nitrogens with zero attached hydrogens (tertiary/aromatic N) is 3. The molecule has 0 spiro atoms. The van der Waals surface area contributed by atoms with Crippen LogP contribution in [0.4, 0.5) is 5.13 Å². The molecule has 1 amide bonds. The molecule has 6 nitrogen and oxygen atoms in total. The Morgan fingerprint density at radius 2 is 1.59 bits per heavy atom. The highest BCUT2D eigenvalue weighted by Crippen LogP contribution is 2.32. The maximum Gasteiger partial charge on any atom is 0.281 e. The molecule has 0 N–H and O–H groups in total. The molecule has 0 unspecified atom stereocenters. The lowest BCUT2D eigenvalue weighted by Gasteiger charge is -2.15. The third kappa shape index (κ3) is 4.63. The van der Waals surface area contributed by atoms with Gasteiger partial charge in [-0.05, 0) is 49.2 Å². The largest absolute Gasteiger partial charge is 0.497 e. The van der Waals surface area contributed by atoms with Gasteiger partial charge in [-0.25, -0.2) is 4.98 Å². The van der Waals surface area contributed by atoms with Crippen molar-refractivity contribution < 1.29 is 14.3 Å². The van der Waals surface area contributed by atoms with Crippen molar-refractivity contribution in [1.29, 1.82) is 0 Å². The topological polar surface area (TPSA) is 64.0 Å². The van der Waals surface area contributed by atoms with Crippen LogP contribution in [0.1, 0.15) is 27.0 Å². The number of thiazole rings is 1. The van der Waals surface area contributed by atoms with Crippen LogP contribution in [-0.4, -0.2) is 31.3 Å². The predicted octanol–water partition coefficient (Wildman–Crippen LogP) is 5.61. The van der Waals surface area contributed by atoms with Gasteiger partial charge in [0.1, 0.15) is 11.5 Å². The summed E-state index contributed by atoms with van der Waals surface area (Å²) in [6.45, 7) is 4.05. The number of hydrogen-bond acceptors (Lipinski definition) is 6. The number of carbonyl (C=O) groups is 1. The number of fused-ring (bicyclic) bond motifs is 1. The maximum atomic E-state index is 13.6. The molecule has 1 aromatic heterocycles. The van der Waals surface area contributed by atoms with Crippen LogP contribution in [0.3, 0.4) is 0 Å². The van der Waals surface area contributed by atoms with Crippen molar-refractivity contribution in [3.8, 4) is 11.5 Å². The summed E-state index contributed by atoms with van der Waals surface area (Å²) in [6, 6.07) is 19.0. The van der Waals surface area contributed by atoms with Gasteiger partial charge in [0, 0.05) is 11.6 Å². The van der Waals surface area contributed by atoms with Gasteiger partial charge in [0.2, 0.25) is 5.13 Å². The molecule has 1 heterocycles. The summed E-state index contributed by atoms with van der Waals surface area (Å²) in [7, 11) is 3.10. The molecule has 0 radical (unpaired) electrons. The SMILES string of the molecule is COc1cc(OC)cc(C(=O)N(/N=C/c2ccc(C)cc2)c2nc3ccc(C)cc3s2)c1. The molecule has 0 aliphatic heterocycles. The first kappa shape index (κ1) is 21.5. The molecular weight excluding hydrogens is 422 g/mol. The molecular formula is C25H23N3O3S. The van der Waals surface area contributed by atoms with E-state index in [2.05, 4.69) is 16.2 Å². The van der Waals surface area contributed by atoms with Crippen LogP contribution in [0.15, 0.2) is 65.8 Å². The number of aryl methyl sites for hydroxylation is 2. The summed E-state index contributed by atoms with van der Waals surface area (Å²) >= 11 is 1.42. The van der Waals surface area contributed by atoms with Gasteiger partial charge in [-0.1, -0.05) is 47.2 Å². The summed E-state index contributed by atoms with van der Waals surface area (Å²) < 4.78 is 11.7. The van der Waals surface area contributed by atoms with E-state index in [0.29, 0.717) is 22.2 Å². The van der Waals surface area contributed by atoms with Gasteiger partial charge in [-0.3, -0.25) is 4.79 Å². The normalized spacial score (nSPS) is 11.1. The number of hydrazone groups is 1. The number of amides is 1. The van der Waals surface area contributed by atoms with Gasteiger partial charge in [0.25, 0.3) is 5.91 Å². The van der Waals surface area contributed by atoms with Crippen LogP contribution in [0.25, 0.3) is 10.2 Å². The average Bonchev–Trinajstić information content (AvgIpc) is 3.22. The van der Waals surface area contributed by atoms with E-state index >= 15 is 0 Å². The zero-order valence-electron chi connectivity index (χ0n) is 18.3. The second kappa shape index (κ2) is 9.20. The minimum atomic E-state index is -0.332. The van der Waals surface area contributed by atoms with Crippen LogP contribution in [-0.2, 0) is 0 Å². The third-order valence-electron chi connectivity index (χ3n) is 4.90. The molecule has 0 fully saturated rings. The summed E-state index contributed by atoms with van der Waals surface area (Å²) in [5.41, 5.74) is 4.37. The second-order valence-corrected chi connectivity index (χ2v) is 8.35. The first-order valence-electron chi connectivity index (χ1n) is 10.0. The lowest BCUT2D eigenvalue weighted by atomic mass is 10.2. The van der Waals surface area contributed by atoms with Crippen molar-refractivity contribution in [3.05, 3.63) is 82.9 Å². The molecule has 4 aromatic rings. The minimum Gasteiger partial charge on any atom is -0.497 e. The van der Waals surface area contributed by atoms with E-state index in [-0.39, 0.29) is 5.91 Å². The highest BCUT2D eigenvalue weighted by molar-refractivity contribution is 7.22.